The van der Waals surface area contributed by atoms with Gasteiger partial charge in [-0.2, -0.15) is 0 Å². The molecule has 8 nitrogen and oxygen atoms in total. The standard InChI is InChI=1S/C13H16N6O2P2/c1-4-8(20)15-10-9-11(19(7-23-3)13(21)16-9)18-12(17-10)14-5-6-22-2/h3H,2,4-7H2,1H3,(H2-,14,15,16,17,18,20,21)/p+1. The van der Waals surface area contributed by atoms with Gasteiger partial charge in [-0.05, 0) is 0 Å². The molecule has 1 amide bonds. The Hall–Kier alpha value is -2.00. The Morgan fingerprint density at radius 1 is 1.52 bits per heavy atom. The fourth-order valence-corrected chi connectivity index (χ4v) is 2.58. The van der Waals surface area contributed by atoms with Gasteiger partial charge in [0.15, 0.2) is 0 Å². The van der Waals surface area contributed by atoms with Gasteiger partial charge in [0.1, 0.15) is 0 Å². The molecule has 2 heterocycles. The van der Waals surface area contributed by atoms with Crippen LogP contribution >= 0.6 is 16.2 Å². The van der Waals surface area contributed by atoms with Crippen LogP contribution in [0.25, 0.3) is 11.2 Å². The first-order valence-electron chi connectivity index (χ1n) is 6.94. The van der Waals surface area contributed by atoms with E-state index in [-0.39, 0.29) is 17.4 Å². The van der Waals surface area contributed by atoms with Crippen molar-refractivity contribution >= 4 is 51.4 Å². The van der Waals surface area contributed by atoms with Crippen LogP contribution in [0.4, 0.5) is 11.8 Å². The van der Waals surface area contributed by atoms with Gasteiger partial charge in [-0.1, -0.05) is 0 Å². The maximum absolute atomic E-state index is 12.0. The van der Waals surface area contributed by atoms with E-state index in [4.69, 9.17) is 6.13 Å². The van der Waals surface area contributed by atoms with Crippen molar-refractivity contribution in [3.63, 3.8) is 0 Å². The normalized spacial score (nSPS) is 10.8. The monoisotopic (exact) mass is 351 g/mol. The van der Waals surface area contributed by atoms with Crippen molar-refractivity contribution < 1.29 is 4.79 Å². The molecular weight excluding hydrogens is 334 g/mol. The molecule has 10 heteroatoms. The molecule has 0 aliphatic carbocycles. The number of aromatic amines is 1. The molecule has 2 rings (SSSR count). The SMILES string of the molecule is C#[P+]Cn1c(=O)[nH]c2c(NC(=O)CC)nc(NCCP=C)nc21. The van der Waals surface area contributed by atoms with Gasteiger partial charge in [0.25, 0.3) is 0 Å². The number of amides is 1. The quantitative estimate of drug-likeness (QED) is 0.521. The van der Waals surface area contributed by atoms with Crippen molar-refractivity contribution in [2.75, 3.05) is 23.3 Å². The third-order valence-corrected chi connectivity index (χ3v) is 3.96. The summed E-state index contributed by atoms with van der Waals surface area (Å²) in [6.45, 7) is 2.38. The average Bonchev–Trinajstić information content (AvgIpc) is 2.85. The zero-order valence-electron chi connectivity index (χ0n) is 12.7. The maximum atomic E-state index is 12.0. The van der Waals surface area contributed by atoms with Crippen molar-refractivity contribution in [2.24, 2.45) is 0 Å². The molecule has 2 aromatic rings. The van der Waals surface area contributed by atoms with E-state index < -0.39 is 0 Å². The number of nitrogens with one attached hydrogen (secondary N) is 3. The van der Waals surface area contributed by atoms with Crippen molar-refractivity contribution in [1.29, 1.82) is 0 Å². The average molecular weight is 351 g/mol. The van der Waals surface area contributed by atoms with Crippen LogP contribution in [0.2, 0.25) is 0 Å². The van der Waals surface area contributed by atoms with E-state index in [9.17, 15) is 9.59 Å². The van der Waals surface area contributed by atoms with Crippen LogP contribution in [0.3, 0.4) is 0 Å². The third-order valence-electron chi connectivity index (χ3n) is 2.98. The first-order chi connectivity index (χ1) is 11.1. The van der Waals surface area contributed by atoms with Crippen LogP contribution in [0.5, 0.6) is 0 Å². The molecule has 0 aliphatic heterocycles. The summed E-state index contributed by atoms with van der Waals surface area (Å²) < 4.78 is 1.42. The van der Waals surface area contributed by atoms with Gasteiger partial charge in [0, 0.05) is 0 Å². The van der Waals surface area contributed by atoms with E-state index in [1.165, 1.54) is 4.57 Å². The Morgan fingerprint density at radius 2 is 2.30 bits per heavy atom. The van der Waals surface area contributed by atoms with Gasteiger partial charge in [-0.15, -0.1) is 0 Å². The number of rotatable bonds is 7. The molecule has 23 heavy (non-hydrogen) atoms. The van der Waals surface area contributed by atoms with E-state index in [0.29, 0.717) is 44.4 Å². The summed E-state index contributed by atoms with van der Waals surface area (Å²) in [5.74, 6) is 0.424. The number of hydrogen-bond acceptors (Lipinski definition) is 5. The summed E-state index contributed by atoms with van der Waals surface area (Å²) in [4.78, 5) is 35.0. The molecule has 0 saturated heterocycles. The van der Waals surface area contributed by atoms with Gasteiger partial charge < -0.3 is 0 Å². The van der Waals surface area contributed by atoms with E-state index in [1.54, 1.807) is 6.92 Å². The van der Waals surface area contributed by atoms with Crippen molar-refractivity contribution in [2.45, 2.75) is 19.6 Å². The van der Waals surface area contributed by atoms with Crippen LogP contribution in [-0.2, 0) is 11.1 Å². The molecule has 0 saturated carbocycles. The van der Waals surface area contributed by atoms with E-state index in [1.807, 2.05) is 0 Å². The first kappa shape index (κ1) is 17.4. The zero-order valence-corrected chi connectivity index (χ0v) is 14.5. The molecule has 0 aliphatic rings. The first-order valence-corrected chi connectivity index (χ1v) is 9.35. The summed E-state index contributed by atoms with van der Waals surface area (Å²) in [5, 5.41) is 5.75. The van der Waals surface area contributed by atoms with Crippen LogP contribution in [0, 0.1) is 6.13 Å². The fraction of sp³-hybridized carbons (Fsp3) is 0.385. The minimum atomic E-state index is -0.340. The summed E-state index contributed by atoms with van der Waals surface area (Å²) in [5.41, 5.74) is 0.456. The van der Waals surface area contributed by atoms with E-state index in [0.717, 1.165) is 14.4 Å². The van der Waals surface area contributed by atoms with Crippen molar-refractivity contribution in [3.05, 3.63) is 10.5 Å². The van der Waals surface area contributed by atoms with Gasteiger partial charge in [-0.3, -0.25) is 0 Å². The molecule has 2 aromatic heterocycles. The molecule has 0 atom stereocenters. The minimum absolute atomic E-state index is 0.197. The second kappa shape index (κ2) is 8.02. The fourth-order valence-electron chi connectivity index (χ4n) is 1.88. The number of carbonyl (C=O) groups excluding carboxylic acids is 1. The van der Waals surface area contributed by atoms with Gasteiger partial charge in [-0.25, -0.2) is 0 Å². The predicted octanol–water partition coefficient (Wildman–Crippen LogP) is 1.75. The topological polar surface area (TPSA) is 105 Å². The molecule has 0 unspecified atom stereocenters. The number of nitrogens with zero attached hydrogens (tertiary/aromatic N) is 3. The van der Waals surface area contributed by atoms with Crippen molar-refractivity contribution in [1.82, 2.24) is 19.5 Å². The Balaban J connectivity index is 2.54. The zero-order chi connectivity index (χ0) is 16.8. The molecule has 0 fully saturated rings. The number of anilines is 2. The molecule has 0 aromatic carbocycles. The molecular formula is C13H17N6O2P2+. The summed E-state index contributed by atoms with van der Waals surface area (Å²) in [6, 6.07) is 0. The molecule has 0 spiro atoms. The Kier molecular flexibility index (Phi) is 6.05. The van der Waals surface area contributed by atoms with Gasteiger partial charge in [0.05, 0.1) is 0 Å². The van der Waals surface area contributed by atoms with E-state index >= 15 is 0 Å². The Morgan fingerprint density at radius 3 is 2.96 bits per heavy atom. The number of aromatic nitrogens is 4. The second-order valence-electron chi connectivity index (χ2n) is 4.55. The Bertz CT molecular complexity index is 835. The molecule has 120 valence electrons. The summed E-state index contributed by atoms with van der Waals surface area (Å²) in [7, 11) is 1.54. The van der Waals surface area contributed by atoms with Crippen LogP contribution in [0.15, 0.2) is 4.79 Å². The van der Waals surface area contributed by atoms with Gasteiger partial charge >= 0.3 is 135 Å². The number of hydrogen-bond donors (Lipinski definition) is 3. The molecule has 0 radical (unpaired) electrons. The predicted molar refractivity (Wildman–Crippen MR) is 96.3 cm³/mol. The molecule has 3 N–H and O–H groups in total. The van der Waals surface area contributed by atoms with Gasteiger partial charge in [0.2, 0.25) is 0 Å². The molecule has 0 bridgehead atoms. The van der Waals surface area contributed by atoms with Crippen LogP contribution in [0.1, 0.15) is 13.3 Å². The van der Waals surface area contributed by atoms with Crippen LogP contribution < -0.4 is 16.3 Å². The number of fused-ring (bicyclic) bond motifs is 1. The number of imidazole rings is 1. The second-order valence-corrected chi connectivity index (χ2v) is 6.09. The van der Waals surface area contributed by atoms with Crippen LogP contribution in [-0.4, -0.2) is 44.4 Å². The van der Waals surface area contributed by atoms with Crippen molar-refractivity contribution in [3.8, 4) is 6.13 Å². The number of carbonyl (C=O) groups is 1. The summed E-state index contributed by atoms with van der Waals surface area (Å²) in [6.07, 6.45) is 10.7. The number of H-pyrrole nitrogens is 1. The third kappa shape index (κ3) is 4.05. The Labute approximate surface area is 136 Å². The van der Waals surface area contributed by atoms with E-state index in [2.05, 4.69) is 31.9 Å². The summed E-state index contributed by atoms with van der Waals surface area (Å²) >= 11 is 0.